The van der Waals surface area contributed by atoms with Crippen molar-refractivity contribution in [1.82, 2.24) is 9.78 Å². The van der Waals surface area contributed by atoms with Crippen LogP contribution in [0, 0.1) is 6.92 Å². The predicted octanol–water partition coefficient (Wildman–Crippen LogP) is 4.19. The summed E-state index contributed by atoms with van der Waals surface area (Å²) in [5, 5.41) is 16.9. The van der Waals surface area contributed by atoms with E-state index >= 15 is 0 Å². The molecule has 4 rings (SSSR count). The third kappa shape index (κ3) is 4.77. The molecule has 0 radical (unpaired) electrons. The summed E-state index contributed by atoms with van der Waals surface area (Å²) in [4.78, 5) is 25.7. The number of hydrogen-bond acceptors (Lipinski definition) is 4. The lowest BCUT2D eigenvalue weighted by Gasteiger charge is -2.27. The number of amides is 1. The lowest BCUT2D eigenvalue weighted by atomic mass is 10.0. The second-order valence-electron chi connectivity index (χ2n) is 7.76. The second kappa shape index (κ2) is 9.04. The van der Waals surface area contributed by atoms with E-state index in [0.29, 0.717) is 13.0 Å². The molecule has 1 aromatic heterocycles. The molecule has 7 heteroatoms. The molecule has 0 saturated heterocycles. The first-order valence-electron chi connectivity index (χ1n) is 10.5. The maximum atomic E-state index is 12.7. The predicted molar refractivity (Wildman–Crippen MR) is 120 cm³/mol. The fraction of sp³-hybridized carbons (Fsp3) is 0.292. The van der Waals surface area contributed by atoms with Gasteiger partial charge >= 0.3 is 5.97 Å². The van der Waals surface area contributed by atoms with Crippen LogP contribution in [0.3, 0.4) is 0 Å². The van der Waals surface area contributed by atoms with E-state index in [1.807, 2.05) is 52.9 Å². The maximum Gasteiger partial charge on any atom is 0.335 e. The summed E-state index contributed by atoms with van der Waals surface area (Å²) in [6.07, 6.45) is 2.15. The van der Waals surface area contributed by atoms with E-state index in [2.05, 4.69) is 10.4 Å². The zero-order valence-corrected chi connectivity index (χ0v) is 17.5. The van der Waals surface area contributed by atoms with Crippen LogP contribution >= 0.6 is 0 Å². The molecule has 31 heavy (non-hydrogen) atoms. The topological polar surface area (TPSA) is 87.5 Å². The third-order valence-electron chi connectivity index (χ3n) is 5.43. The number of carbonyl (C=O) groups excluding carboxylic acids is 1. The molecule has 1 aliphatic rings. The van der Waals surface area contributed by atoms with Gasteiger partial charge in [-0.05, 0) is 55.2 Å². The summed E-state index contributed by atoms with van der Waals surface area (Å²) in [5.74, 6) is 0.111. The quantitative estimate of drug-likeness (QED) is 0.562. The van der Waals surface area contributed by atoms with Gasteiger partial charge < -0.3 is 10.4 Å². The van der Waals surface area contributed by atoms with E-state index in [0.717, 1.165) is 54.3 Å². The van der Waals surface area contributed by atoms with Gasteiger partial charge in [0.25, 0.3) is 0 Å². The molecule has 0 fully saturated rings. The van der Waals surface area contributed by atoms with Gasteiger partial charge in [0.2, 0.25) is 5.91 Å². The van der Waals surface area contributed by atoms with E-state index in [9.17, 15) is 9.59 Å². The van der Waals surface area contributed by atoms with E-state index in [1.165, 1.54) is 0 Å². The standard InChI is InChI=1S/C24H26N4O3/c1-17-15-22-27(13-4-14-28(22)26-17)23(29)7-3-12-25-21-10-8-18(9-11-21)19-5-2-6-20(16-19)24(30)31/h2,5-6,8-11,15-16,25H,3-4,7,12-14H2,1H3,(H,30,31). The van der Waals surface area contributed by atoms with Crippen molar-refractivity contribution in [3.05, 3.63) is 65.9 Å². The molecule has 0 atom stereocenters. The van der Waals surface area contributed by atoms with E-state index in [4.69, 9.17) is 5.11 Å². The molecule has 160 valence electrons. The number of hydrogen-bond donors (Lipinski definition) is 2. The van der Waals surface area contributed by atoms with Crippen molar-refractivity contribution in [2.24, 2.45) is 0 Å². The fourth-order valence-corrected chi connectivity index (χ4v) is 3.88. The highest BCUT2D eigenvalue weighted by atomic mass is 16.4. The Morgan fingerprint density at radius 1 is 1.06 bits per heavy atom. The number of carbonyl (C=O) groups is 2. The first-order valence-corrected chi connectivity index (χ1v) is 10.5. The van der Waals surface area contributed by atoms with Crippen LogP contribution in [0.15, 0.2) is 54.6 Å². The molecule has 0 aliphatic carbocycles. The number of anilines is 2. The molecule has 2 N–H and O–H groups in total. The Hall–Kier alpha value is -3.61. The molecule has 3 aromatic rings. The highest BCUT2D eigenvalue weighted by Gasteiger charge is 2.23. The van der Waals surface area contributed by atoms with Crippen LogP contribution in [0.2, 0.25) is 0 Å². The molecule has 1 aliphatic heterocycles. The monoisotopic (exact) mass is 418 g/mol. The van der Waals surface area contributed by atoms with Crippen LogP contribution in [0.4, 0.5) is 11.5 Å². The first kappa shape index (κ1) is 20.7. The Balaban J connectivity index is 1.28. The average molecular weight is 418 g/mol. The summed E-state index contributed by atoms with van der Waals surface area (Å²) >= 11 is 0. The van der Waals surface area contributed by atoms with Crippen molar-refractivity contribution in [2.75, 3.05) is 23.3 Å². The van der Waals surface area contributed by atoms with E-state index < -0.39 is 5.97 Å². The van der Waals surface area contributed by atoms with Gasteiger partial charge in [-0.25, -0.2) is 9.48 Å². The van der Waals surface area contributed by atoms with Crippen molar-refractivity contribution in [1.29, 1.82) is 0 Å². The smallest absolute Gasteiger partial charge is 0.335 e. The number of carboxylic acid groups (broad SMARTS) is 1. The fourth-order valence-electron chi connectivity index (χ4n) is 3.88. The normalized spacial score (nSPS) is 13.0. The van der Waals surface area contributed by atoms with E-state index in [-0.39, 0.29) is 11.5 Å². The van der Waals surface area contributed by atoms with Gasteiger partial charge in [0.05, 0.1) is 11.3 Å². The van der Waals surface area contributed by atoms with Crippen molar-refractivity contribution in [3.63, 3.8) is 0 Å². The van der Waals surface area contributed by atoms with Gasteiger partial charge in [0, 0.05) is 37.8 Å². The van der Waals surface area contributed by atoms with Gasteiger partial charge in [-0.3, -0.25) is 9.69 Å². The number of aromatic nitrogens is 2. The molecular formula is C24H26N4O3. The van der Waals surface area contributed by atoms with Crippen LogP contribution in [0.1, 0.15) is 35.3 Å². The van der Waals surface area contributed by atoms with Crippen LogP contribution in [0.25, 0.3) is 11.1 Å². The van der Waals surface area contributed by atoms with Crippen LogP contribution < -0.4 is 10.2 Å². The number of rotatable bonds is 7. The van der Waals surface area contributed by atoms with Crippen molar-refractivity contribution >= 4 is 23.4 Å². The Kier molecular flexibility index (Phi) is 6.02. The lowest BCUT2D eigenvalue weighted by molar-refractivity contribution is -0.118. The van der Waals surface area contributed by atoms with Crippen LogP contribution in [-0.2, 0) is 11.3 Å². The minimum absolute atomic E-state index is 0.135. The van der Waals surface area contributed by atoms with Crippen molar-refractivity contribution in [3.8, 4) is 11.1 Å². The summed E-state index contributed by atoms with van der Waals surface area (Å²) < 4.78 is 1.92. The number of nitrogens with one attached hydrogen (secondary N) is 1. The first-order chi connectivity index (χ1) is 15.0. The van der Waals surface area contributed by atoms with Gasteiger partial charge in [0.1, 0.15) is 5.82 Å². The number of nitrogens with zero attached hydrogens (tertiary/aromatic N) is 3. The summed E-state index contributed by atoms with van der Waals surface area (Å²) in [6, 6.07) is 16.7. The number of fused-ring (bicyclic) bond motifs is 1. The second-order valence-corrected chi connectivity index (χ2v) is 7.76. The lowest BCUT2D eigenvalue weighted by Crippen LogP contribution is -2.37. The maximum absolute atomic E-state index is 12.7. The molecule has 0 spiro atoms. The molecule has 0 saturated carbocycles. The number of aromatic carboxylic acids is 1. The molecule has 2 heterocycles. The Morgan fingerprint density at radius 2 is 1.87 bits per heavy atom. The van der Waals surface area contributed by atoms with Crippen LogP contribution in [0.5, 0.6) is 0 Å². The average Bonchev–Trinajstić information content (AvgIpc) is 3.17. The molecular weight excluding hydrogens is 392 g/mol. The molecule has 0 bridgehead atoms. The molecule has 1 amide bonds. The summed E-state index contributed by atoms with van der Waals surface area (Å²) in [5.41, 5.74) is 4.01. The largest absolute Gasteiger partial charge is 0.478 e. The number of carboxylic acids is 1. The highest BCUT2D eigenvalue weighted by Crippen LogP contribution is 2.24. The van der Waals surface area contributed by atoms with E-state index in [1.54, 1.807) is 18.2 Å². The Labute approximate surface area is 181 Å². The number of benzene rings is 2. The third-order valence-corrected chi connectivity index (χ3v) is 5.43. The van der Waals surface area contributed by atoms with Crippen molar-refractivity contribution in [2.45, 2.75) is 32.7 Å². The number of aryl methyl sites for hydroxylation is 2. The minimum atomic E-state index is -0.932. The summed E-state index contributed by atoms with van der Waals surface area (Å²) in [7, 11) is 0. The van der Waals surface area contributed by atoms with Crippen molar-refractivity contribution < 1.29 is 14.7 Å². The van der Waals surface area contributed by atoms with Gasteiger partial charge in [-0.1, -0.05) is 24.3 Å². The van der Waals surface area contributed by atoms with Crippen LogP contribution in [-0.4, -0.2) is 39.9 Å². The summed E-state index contributed by atoms with van der Waals surface area (Å²) in [6.45, 7) is 4.27. The van der Waals surface area contributed by atoms with Gasteiger partial charge in [-0.15, -0.1) is 0 Å². The molecule has 7 nitrogen and oxygen atoms in total. The Morgan fingerprint density at radius 3 is 2.65 bits per heavy atom. The highest BCUT2D eigenvalue weighted by molar-refractivity contribution is 5.92. The van der Waals surface area contributed by atoms with Gasteiger partial charge in [0.15, 0.2) is 0 Å². The minimum Gasteiger partial charge on any atom is -0.478 e. The zero-order chi connectivity index (χ0) is 21.8. The molecule has 2 aromatic carbocycles. The zero-order valence-electron chi connectivity index (χ0n) is 17.5. The van der Waals surface area contributed by atoms with Gasteiger partial charge in [-0.2, -0.15) is 5.10 Å². The SMILES string of the molecule is Cc1cc2n(n1)CCCN2C(=O)CCCNc1ccc(-c2cccc(C(=O)O)c2)cc1. The Bertz CT molecular complexity index is 1090. The molecule has 0 unspecified atom stereocenters.